The van der Waals surface area contributed by atoms with Crippen molar-refractivity contribution in [3.63, 3.8) is 0 Å². The Morgan fingerprint density at radius 3 is 2.35 bits per heavy atom. The number of methoxy groups -OCH3 is 3. The molecule has 4 heteroatoms. The first-order valence-corrected chi connectivity index (χ1v) is 6.88. The van der Waals surface area contributed by atoms with Crippen LogP contribution < -0.4 is 19.5 Å². The molecule has 0 bridgehead atoms. The third-order valence-electron chi connectivity index (χ3n) is 3.02. The lowest BCUT2D eigenvalue weighted by Gasteiger charge is -2.14. The number of benzene rings is 1. The zero-order valence-corrected chi connectivity index (χ0v) is 13.0. The van der Waals surface area contributed by atoms with Crippen LogP contribution in [0.4, 0.5) is 0 Å². The van der Waals surface area contributed by atoms with Crippen molar-refractivity contribution in [2.24, 2.45) is 0 Å². The lowest BCUT2D eigenvalue weighted by Crippen LogP contribution is -2.24. The molecule has 20 heavy (non-hydrogen) atoms. The summed E-state index contributed by atoms with van der Waals surface area (Å²) in [4.78, 5) is 0. The maximum atomic E-state index is 5.45. The Balaban J connectivity index is 2.97. The van der Waals surface area contributed by atoms with Crippen LogP contribution in [-0.4, -0.2) is 33.9 Å². The molecule has 1 N–H and O–H groups in total. The second-order valence-electron chi connectivity index (χ2n) is 4.53. The SMILES string of the molecule is CCCNC(C)/C=C/c1ccc(OC)c(OC)c1OC. The van der Waals surface area contributed by atoms with Gasteiger partial charge in [0.25, 0.3) is 0 Å². The van der Waals surface area contributed by atoms with E-state index in [0.717, 1.165) is 18.5 Å². The summed E-state index contributed by atoms with van der Waals surface area (Å²) in [6.07, 6.45) is 5.27. The number of rotatable bonds is 8. The third-order valence-corrected chi connectivity index (χ3v) is 3.02. The lowest BCUT2D eigenvalue weighted by molar-refractivity contribution is 0.324. The molecule has 0 aromatic heterocycles. The second kappa shape index (κ2) is 8.48. The van der Waals surface area contributed by atoms with Crippen LogP contribution in [-0.2, 0) is 0 Å². The van der Waals surface area contributed by atoms with E-state index < -0.39 is 0 Å². The van der Waals surface area contributed by atoms with Crippen molar-refractivity contribution in [3.05, 3.63) is 23.8 Å². The van der Waals surface area contributed by atoms with Gasteiger partial charge in [0.1, 0.15) is 0 Å². The zero-order chi connectivity index (χ0) is 15.0. The van der Waals surface area contributed by atoms with E-state index in [1.54, 1.807) is 21.3 Å². The third kappa shape index (κ3) is 4.17. The van der Waals surface area contributed by atoms with Crippen molar-refractivity contribution in [1.82, 2.24) is 5.32 Å². The lowest BCUT2D eigenvalue weighted by atomic mass is 10.1. The fourth-order valence-corrected chi connectivity index (χ4v) is 1.94. The summed E-state index contributed by atoms with van der Waals surface area (Å²) >= 11 is 0. The van der Waals surface area contributed by atoms with Crippen LogP contribution in [0.2, 0.25) is 0 Å². The van der Waals surface area contributed by atoms with Gasteiger partial charge in [0, 0.05) is 11.6 Å². The van der Waals surface area contributed by atoms with E-state index in [1.807, 2.05) is 18.2 Å². The van der Waals surface area contributed by atoms with Crippen LogP contribution in [0.25, 0.3) is 6.08 Å². The van der Waals surface area contributed by atoms with Crippen LogP contribution in [0, 0.1) is 0 Å². The van der Waals surface area contributed by atoms with Crippen LogP contribution in [0.15, 0.2) is 18.2 Å². The van der Waals surface area contributed by atoms with Gasteiger partial charge in [-0.2, -0.15) is 0 Å². The summed E-state index contributed by atoms with van der Waals surface area (Å²) in [5.74, 6) is 1.97. The summed E-state index contributed by atoms with van der Waals surface area (Å²) in [6, 6.07) is 4.15. The van der Waals surface area contributed by atoms with Gasteiger partial charge in [-0.05, 0) is 32.0 Å². The highest BCUT2D eigenvalue weighted by atomic mass is 16.5. The van der Waals surface area contributed by atoms with E-state index in [1.165, 1.54) is 0 Å². The minimum absolute atomic E-state index is 0.313. The first-order valence-electron chi connectivity index (χ1n) is 6.88. The fraction of sp³-hybridized carbons (Fsp3) is 0.500. The first kappa shape index (κ1) is 16.4. The quantitative estimate of drug-likeness (QED) is 0.793. The van der Waals surface area contributed by atoms with Gasteiger partial charge in [0.2, 0.25) is 5.75 Å². The molecule has 0 aliphatic heterocycles. The molecule has 0 spiro atoms. The van der Waals surface area contributed by atoms with E-state index in [-0.39, 0.29) is 0 Å². The molecular formula is C16H25NO3. The molecule has 112 valence electrons. The summed E-state index contributed by atoms with van der Waals surface area (Å²) in [6.45, 7) is 5.29. The Kier molecular flexibility index (Phi) is 6.94. The molecule has 0 aliphatic rings. The van der Waals surface area contributed by atoms with Crippen molar-refractivity contribution in [1.29, 1.82) is 0 Å². The van der Waals surface area contributed by atoms with Gasteiger partial charge in [-0.25, -0.2) is 0 Å². The van der Waals surface area contributed by atoms with E-state index in [9.17, 15) is 0 Å². The maximum Gasteiger partial charge on any atom is 0.203 e. The molecule has 1 aromatic carbocycles. The normalized spacial score (nSPS) is 12.4. The van der Waals surface area contributed by atoms with Gasteiger partial charge in [-0.3, -0.25) is 0 Å². The van der Waals surface area contributed by atoms with Crippen LogP contribution >= 0.6 is 0 Å². The molecule has 0 saturated heterocycles. The minimum atomic E-state index is 0.313. The molecule has 0 fully saturated rings. The van der Waals surface area contributed by atoms with Gasteiger partial charge in [0.15, 0.2) is 11.5 Å². The Hall–Kier alpha value is -1.68. The van der Waals surface area contributed by atoms with E-state index >= 15 is 0 Å². The standard InChI is InChI=1S/C16H25NO3/c1-6-11-17-12(2)7-8-13-9-10-14(18-3)16(20-5)15(13)19-4/h7-10,12,17H,6,11H2,1-5H3/b8-7+. The van der Waals surface area contributed by atoms with Gasteiger partial charge < -0.3 is 19.5 Å². The predicted octanol–water partition coefficient (Wildman–Crippen LogP) is 3.11. The highest BCUT2D eigenvalue weighted by molar-refractivity contribution is 5.66. The molecule has 0 saturated carbocycles. The largest absolute Gasteiger partial charge is 0.493 e. The molecule has 0 heterocycles. The maximum absolute atomic E-state index is 5.45. The van der Waals surface area contributed by atoms with Gasteiger partial charge in [-0.15, -0.1) is 0 Å². The average Bonchev–Trinajstić information content (AvgIpc) is 2.49. The average molecular weight is 279 g/mol. The number of nitrogens with one attached hydrogen (secondary N) is 1. The summed E-state index contributed by atoms with van der Waals surface area (Å²) in [5.41, 5.74) is 0.968. The summed E-state index contributed by atoms with van der Waals surface area (Å²) < 4.78 is 16.1. The molecule has 4 nitrogen and oxygen atoms in total. The number of hydrogen-bond donors (Lipinski definition) is 1. The molecule has 1 atom stereocenters. The van der Waals surface area contributed by atoms with E-state index in [0.29, 0.717) is 23.3 Å². The van der Waals surface area contributed by atoms with Gasteiger partial charge >= 0.3 is 0 Å². The molecule has 1 aromatic rings. The highest BCUT2D eigenvalue weighted by Crippen LogP contribution is 2.40. The predicted molar refractivity (Wildman–Crippen MR) is 82.9 cm³/mol. The van der Waals surface area contributed by atoms with Gasteiger partial charge in [0.05, 0.1) is 21.3 Å². The molecule has 0 radical (unpaired) electrons. The Morgan fingerprint density at radius 2 is 1.80 bits per heavy atom. The fourth-order valence-electron chi connectivity index (χ4n) is 1.94. The Morgan fingerprint density at radius 1 is 1.10 bits per heavy atom. The number of hydrogen-bond acceptors (Lipinski definition) is 4. The monoisotopic (exact) mass is 279 g/mol. The smallest absolute Gasteiger partial charge is 0.203 e. The van der Waals surface area contributed by atoms with Crippen molar-refractivity contribution in [3.8, 4) is 17.2 Å². The van der Waals surface area contributed by atoms with Crippen LogP contribution in [0.5, 0.6) is 17.2 Å². The van der Waals surface area contributed by atoms with Crippen molar-refractivity contribution in [2.45, 2.75) is 26.3 Å². The zero-order valence-electron chi connectivity index (χ0n) is 13.0. The highest BCUT2D eigenvalue weighted by Gasteiger charge is 2.14. The van der Waals surface area contributed by atoms with E-state index in [2.05, 4.69) is 25.2 Å². The minimum Gasteiger partial charge on any atom is -0.493 e. The van der Waals surface area contributed by atoms with E-state index in [4.69, 9.17) is 14.2 Å². The van der Waals surface area contributed by atoms with Crippen molar-refractivity contribution < 1.29 is 14.2 Å². The number of ether oxygens (including phenoxy) is 3. The van der Waals surface area contributed by atoms with Crippen LogP contribution in [0.1, 0.15) is 25.8 Å². The topological polar surface area (TPSA) is 39.7 Å². The summed E-state index contributed by atoms with van der Waals surface area (Å²) in [5, 5.41) is 3.41. The molecule has 0 aliphatic carbocycles. The summed E-state index contributed by atoms with van der Waals surface area (Å²) in [7, 11) is 4.86. The Bertz CT molecular complexity index is 444. The molecule has 1 unspecified atom stereocenters. The van der Waals surface area contributed by atoms with Crippen molar-refractivity contribution in [2.75, 3.05) is 27.9 Å². The molecule has 0 amide bonds. The Labute approximate surface area is 121 Å². The first-order chi connectivity index (χ1) is 9.67. The van der Waals surface area contributed by atoms with Crippen molar-refractivity contribution >= 4 is 6.08 Å². The second-order valence-corrected chi connectivity index (χ2v) is 4.53. The van der Waals surface area contributed by atoms with Gasteiger partial charge in [-0.1, -0.05) is 19.1 Å². The molecule has 1 rings (SSSR count). The molecular weight excluding hydrogens is 254 g/mol. The van der Waals surface area contributed by atoms with Crippen LogP contribution in [0.3, 0.4) is 0 Å².